The van der Waals surface area contributed by atoms with Crippen LogP contribution >= 0.6 is 0 Å². The highest BCUT2D eigenvalue weighted by Gasteiger charge is 2.34. The van der Waals surface area contributed by atoms with Crippen molar-refractivity contribution in [3.63, 3.8) is 0 Å². The minimum Gasteiger partial charge on any atom is -0.350 e. The molecular formula is C17H37NO2. The summed E-state index contributed by atoms with van der Waals surface area (Å²) in [6.07, 6.45) is 10.1. The van der Waals surface area contributed by atoms with Crippen LogP contribution in [0, 0.1) is 5.92 Å². The quantitative estimate of drug-likeness (QED) is 0.378. The van der Waals surface area contributed by atoms with Gasteiger partial charge in [0.05, 0.1) is 0 Å². The average Bonchev–Trinajstić information content (AvgIpc) is 2.42. The summed E-state index contributed by atoms with van der Waals surface area (Å²) in [4.78, 5) is 0. The lowest BCUT2D eigenvalue weighted by Gasteiger charge is -2.37. The molecule has 0 saturated carbocycles. The summed E-state index contributed by atoms with van der Waals surface area (Å²) in [6.45, 7) is 10.5. The molecule has 0 amide bonds. The first-order valence-electron chi connectivity index (χ1n) is 8.62. The molecule has 20 heavy (non-hydrogen) atoms. The SMILES string of the molecule is CCCCCCCCC(CCN)C(C)(OCC)OCC. The third-order valence-electron chi connectivity index (χ3n) is 4.02. The van der Waals surface area contributed by atoms with E-state index in [1.54, 1.807) is 0 Å². The number of ether oxygens (including phenoxy) is 2. The first-order chi connectivity index (χ1) is 9.64. The lowest BCUT2D eigenvalue weighted by molar-refractivity contribution is -0.254. The van der Waals surface area contributed by atoms with Crippen LogP contribution in [-0.2, 0) is 9.47 Å². The minimum atomic E-state index is -0.466. The van der Waals surface area contributed by atoms with Gasteiger partial charge in [0.25, 0.3) is 0 Å². The average molecular weight is 287 g/mol. The fourth-order valence-electron chi connectivity index (χ4n) is 2.89. The topological polar surface area (TPSA) is 44.5 Å². The van der Waals surface area contributed by atoms with Crippen molar-refractivity contribution >= 4 is 0 Å². The van der Waals surface area contributed by atoms with Gasteiger partial charge in [-0.1, -0.05) is 45.4 Å². The van der Waals surface area contributed by atoms with Crippen molar-refractivity contribution < 1.29 is 9.47 Å². The van der Waals surface area contributed by atoms with Gasteiger partial charge in [0.15, 0.2) is 5.79 Å². The van der Waals surface area contributed by atoms with Crippen molar-refractivity contribution in [1.82, 2.24) is 0 Å². The summed E-state index contributed by atoms with van der Waals surface area (Å²) in [5, 5.41) is 0. The maximum absolute atomic E-state index is 5.90. The van der Waals surface area contributed by atoms with Gasteiger partial charge in [-0.3, -0.25) is 0 Å². The van der Waals surface area contributed by atoms with Crippen LogP contribution in [0.15, 0.2) is 0 Å². The van der Waals surface area contributed by atoms with Crippen LogP contribution in [0.25, 0.3) is 0 Å². The van der Waals surface area contributed by atoms with Crippen LogP contribution < -0.4 is 5.73 Å². The van der Waals surface area contributed by atoms with Crippen molar-refractivity contribution in [3.8, 4) is 0 Å². The monoisotopic (exact) mass is 287 g/mol. The normalized spacial score (nSPS) is 13.7. The van der Waals surface area contributed by atoms with E-state index in [2.05, 4.69) is 13.8 Å². The Balaban J connectivity index is 4.22. The smallest absolute Gasteiger partial charge is 0.168 e. The van der Waals surface area contributed by atoms with E-state index in [9.17, 15) is 0 Å². The van der Waals surface area contributed by atoms with Crippen molar-refractivity contribution in [3.05, 3.63) is 0 Å². The standard InChI is InChI=1S/C17H37NO2/c1-5-8-9-10-11-12-13-16(14-15-18)17(4,19-6-2)20-7-3/h16H,5-15,18H2,1-4H3. The second-order valence-corrected chi connectivity index (χ2v) is 5.71. The zero-order chi connectivity index (χ0) is 15.3. The first kappa shape index (κ1) is 19.9. The summed E-state index contributed by atoms with van der Waals surface area (Å²) in [6, 6.07) is 0. The van der Waals surface area contributed by atoms with Crippen LogP contribution in [0.1, 0.15) is 79.1 Å². The Kier molecular flexibility index (Phi) is 12.5. The molecule has 0 spiro atoms. The summed E-state index contributed by atoms with van der Waals surface area (Å²) in [5.74, 6) is -0.0645. The van der Waals surface area contributed by atoms with E-state index < -0.39 is 5.79 Å². The van der Waals surface area contributed by atoms with E-state index in [1.165, 1.54) is 38.5 Å². The number of nitrogens with two attached hydrogens (primary N) is 1. The van der Waals surface area contributed by atoms with Gasteiger partial charge < -0.3 is 15.2 Å². The van der Waals surface area contributed by atoms with Gasteiger partial charge in [-0.2, -0.15) is 0 Å². The molecule has 0 aliphatic carbocycles. The second-order valence-electron chi connectivity index (χ2n) is 5.71. The molecular weight excluding hydrogens is 250 g/mol. The number of hydrogen-bond donors (Lipinski definition) is 1. The highest BCUT2D eigenvalue weighted by molar-refractivity contribution is 4.76. The number of unbranched alkanes of at least 4 members (excludes halogenated alkanes) is 5. The lowest BCUT2D eigenvalue weighted by atomic mass is 9.89. The molecule has 0 rings (SSSR count). The van der Waals surface area contributed by atoms with Crippen molar-refractivity contribution in [1.29, 1.82) is 0 Å². The van der Waals surface area contributed by atoms with Crippen LogP contribution in [0.2, 0.25) is 0 Å². The first-order valence-corrected chi connectivity index (χ1v) is 8.62. The summed E-state index contributed by atoms with van der Waals surface area (Å²) in [7, 11) is 0. The third-order valence-corrected chi connectivity index (χ3v) is 4.02. The van der Waals surface area contributed by atoms with Crippen LogP contribution in [-0.4, -0.2) is 25.5 Å². The largest absolute Gasteiger partial charge is 0.350 e. The molecule has 1 atom stereocenters. The highest BCUT2D eigenvalue weighted by atomic mass is 16.7. The molecule has 0 aromatic rings. The molecule has 0 saturated heterocycles. The van der Waals surface area contributed by atoms with Crippen LogP contribution in [0.4, 0.5) is 0 Å². The fraction of sp³-hybridized carbons (Fsp3) is 1.00. The Morgan fingerprint density at radius 1 is 0.850 bits per heavy atom. The maximum atomic E-state index is 5.90. The van der Waals surface area contributed by atoms with Gasteiger partial charge in [0.1, 0.15) is 0 Å². The zero-order valence-electron chi connectivity index (χ0n) is 14.2. The minimum absolute atomic E-state index is 0.401. The predicted molar refractivity (Wildman–Crippen MR) is 86.8 cm³/mol. The zero-order valence-corrected chi connectivity index (χ0v) is 14.2. The van der Waals surface area contributed by atoms with E-state index in [1.807, 2.05) is 13.8 Å². The van der Waals surface area contributed by atoms with Gasteiger partial charge in [-0.25, -0.2) is 0 Å². The molecule has 0 aromatic heterocycles. The summed E-state index contributed by atoms with van der Waals surface area (Å²) in [5.41, 5.74) is 5.78. The van der Waals surface area contributed by atoms with Gasteiger partial charge in [0.2, 0.25) is 0 Å². The summed E-state index contributed by atoms with van der Waals surface area (Å²) >= 11 is 0. The van der Waals surface area contributed by atoms with Gasteiger partial charge in [0, 0.05) is 19.1 Å². The van der Waals surface area contributed by atoms with Gasteiger partial charge in [-0.15, -0.1) is 0 Å². The third kappa shape index (κ3) is 8.23. The van der Waals surface area contributed by atoms with Gasteiger partial charge >= 0.3 is 0 Å². The Morgan fingerprint density at radius 2 is 1.40 bits per heavy atom. The van der Waals surface area contributed by atoms with E-state index in [4.69, 9.17) is 15.2 Å². The highest BCUT2D eigenvalue weighted by Crippen LogP contribution is 2.31. The molecule has 0 aliphatic heterocycles. The second kappa shape index (κ2) is 12.6. The molecule has 0 heterocycles. The molecule has 2 N–H and O–H groups in total. The van der Waals surface area contributed by atoms with Crippen molar-refractivity contribution in [2.24, 2.45) is 11.7 Å². The summed E-state index contributed by atoms with van der Waals surface area (Å²) < 4.78 is 11.8. The van der Waals surface area contributed by atoms with Crippen LogP contribution in [0.5, 0.6) is 0 Å². The van der Waals surface area contributed by atoms with Crippen molar-refractivity contribution in [2.45, 2.75) is 84.8 Å². The molecule has 1 unspecified atom stereocenters. The Labute approximate surface area is 126 Å². The van der Waals surface area contributed by atoms with Gasteiger partial charge in [-0.05, 0) is 40.2 Å². The number of hydrogen-bond acceptors (Lipinski definition) is 3. The Morgan fingerprint density at radius 3 is 1.90 bits per heavy atom. The molecule has 0 fully saturated rings. The van der Waals surface area contributed by atoms with Crippen LogP contribution in [0.3, 0.4) is 0 Å². The number of rotatable bonds is 14. The Bertz CT molecular complexity index is 203. The van der Waals surface area contributed by atoms with E-state index in [0.29, 0.717) is 25.7 Å². The predicted octanol–water partition coefficient (Wildman–Crippen LogP) is 4.49. The molecule has 0 aliphatic rings. The van der Waals surface area contributed by atoms with E-state index >= 15 is 0 Å². The molecule has 0 bridgehead atoms. The lowest BCUT2D eigenvalue weighted by Crippen LogP contribution is -2.42. The Hall–Kier alpha value is -0.120. The molecule has 3 heteroatoms. The van der Waals surface area contributed by atoms with E-state index in [-0.39, 0.29) is 0 Å². The maximum Gasteiger partial charge on any atom is 0.168 e. The van der Waals surface area contributed by atoms with Crippen molar-refractivity contribution in [2.75, 3.05) is 19.8 Å². The molecule has 0 radical (unpaired) electrons. The molecule has 3 nitrogen and oxygen atoms in total. The molecule has 122 valence electrons. The molecule has 0 aromatic carbocycles. The fourth-order valence-corrected chi connectivity index (χ4v) is 2.89. The van der Waals surface area contributed by atoms with E-state index in [0.717, 1.165) is 12.8 Å².